The molecule has 0 bridgehead atoms. The summed E-state index contributed by atoms with van der Waals surface area (Å²) in [6.45, 7) is 0.570. The summed E-state index contributed by atoms with van der Waals surface area (Å²) in [5.41, 5.74) is 0.250. The molecule has 1 rings (SSSR count). The highest BCUT2D eigenvalue weighted by Gasteiger charge is 2.08. The normalized spacial score (nSPS) is 9.89. The molecule has 18 heavy (non-hydrogen) atoms. The number of rotatable bonds is 6. The zero-order chi connectivity index (χ0) is 13.5. The molecular formula is C11H16N4O3. The SMILES string of the molecule is CNC(=O)c1ccc(N(C)CCCC(=O)O)nn1. The number of aromatic nitrogens is 2. The fraction of sp³-hybridized carbons (Fsp3) is 0.455. The van der Waals surface area contributed by atoms with Crippen LogP contribution in [-0.2, 0) is 4.79 Å². The number of carboxylic acid groups (broad SMARTS) is 1. The van der Waals surface area contributed by atoms with Crippen LogP contribution < -0.4 is 10.2 Å². The summed E-state index contributed by atoms with van der Waals surface area (Å²) < 4.78 is 0. The van der Waals surface area contributed by atoms with Crippen molar-refractivity contribution in [2.24, 2.45) is 0 Å². The van der Waals surface area contributed by atoms with Gasteiger partial charge in [0.2, 0.25) is 0 Å². The largest absolute Gasteiger partial charge is 0.481 e. The van der Waals surface area contributed by atoms with Crippen LogP contribution >= 0.6 is 0 Å². The minimum atomic E-state index is -0.815. The van der Waals surface area contributed by atoms with Gasteiger partial charge in [-0.2, -0.15) is 0 Å². The fourth-order valence-corrected chi connectivity index (χ4v) is 1.36. The predicted molar refractivity (Wildman–Crippen MR) is 65.6 cm³/mol. The van der Waals surface area contributed by atoms with Crippen LogP contribution in [0.5, 0.6) is 0 Å². The summed E-state index contributed by atoms with van der Waals surface area (Å²) in [5, 5.41) is 18.7. The second kappa shape index (κ2) is 6.53. The lowest BCUT2D eigenvalue weighted by Gasteiger charge is -2.16. The molecule has 1 amide bonds. The van der Waals surface area contributed by atoms with E-state index in [-0.39, 0.29) is 18.0 Å². The molecule has 98 valence electrons. The first-order valence-corrected chi connectivity index (χ1v) is 5.53. The number of amides is 1. The van der Waals surface area contributed by atoms with Gasteiger partial charge in [0.25, 0.3) is 5.91 Å². The summed E-state index contributed by atoms with van der Waals surface area (Å²) in [6.07, 6.45) is 0.652. The second-order valence-corrected chi connectivity index (χ2v) is 3.77. The van der Waals surface area contributed by atoms with Crippen molar-refractivity contribution in [3.63, 3.8) is 0 Å². The van der Waals surface area contributed by atoms with Gasteiger partial charge in [0.1, 0.15) is 0 Å². The number of carbonyl (C=O) groups is 2. The maximum atomic E-state index is 11.2. The zero-order valence-electron chi connectivity index (χ0n) is 10.4. The topological polar surface area (TPSA) is 95.4 Å². The number of nitrogens with zero attached hydrogens (tertiary/aromatic N) is 3. The molecule has 0 aromatic carbocycles. The molecule has 1 heterocycles. The van der Waals surface area contributed by atoms with E-state index in [2.05, 4.69) is 15.5 Å². The van der Waals surface area contributed by atoms with Crippen LogP contribution in [0.2, 0.25) is 0 Å². The smallest absolute Gasteiger partial charge is 0.303 e. The molecule has 1 aromatic heterocycles. The number of hydrogen-bond acceptors (Lipinski definition) is 5. The van der Waals surface area contributed by atoms with Crippen LogP contribution in [0.1, 0.15) is 23.3 Å². The van der Waals surface area contributed by atoms with Crippen molar-refractivity contribution in [2.45, 2.75) is 12.8 Å². The minimum Gasteiger partial charge on any atom is -0.481 e. The summed E-state index contributed by atoms with van der Waals surface area (Å²) in [4.78, 5) is 23.4. The predicted octanol–water partition coefficient (Wildman–Crippen LogP) is 0.137. The summed E-state index contributed by atoms with van der Waals surface area (Å²) in [5.74, 6) is -0.500. The lowest BCUT2D eigenvalue weighted by Crippen LogP contribution is -2.23. The van der Waals surface area contributed by atoms with E-state index in [9.17, 15) is 9.59 Å². The Bertz CT molecular complexity index is 419. The van der Waals surface area contributed by atoms with E-state index in [0.29, 0.717) is 18.8 Å². The van der Waals surface area contributed by atoms with E-state index < -0.39 is 5.97 Å². The second-order valence-electron chi connectivity index (χ2n) is 3.77. The maximum absolute atomic E-state index is 11.2. The summed E-state index contributed by atoms with van der Waals surface area (Å²) in [7, 11) is 3.32. The third kappa shape index (κ3) is 4.00. The summed E-state index contributed by atoms with van der Waals surface area (Å²) >= 11 is 0. The Balaban J connectivity index is 2.56. The molecule has 1 aromatic rings. The van der Waals surface area contributed by atoms with Crippen molar-refractivity contribution < 1.29 is 14.7 Å². The van der Waals surface area contributed by atoms with Gasteiger partial charge in [-0.3, -0.25) is 9.59 Å². The van der Waals surface area contributed by atoms with Gasteiger partial charge >= 0.3 is 5.97 Å². The monoisotopic (exact) mass is 252 g/mol. The number of carbonyl (C=O) groups excluding carboxylic acids is 1. The van der Waals surface area contributed by atoms with Crippen LogP contribution in [0, 0.1) is 0 Å². The van der Waals surface area contributed by atoms with E-state index in [0.717, 1.165) is 0 Å². The summed E-state index contributed by atoms with van der Waals surface area (Å²) in [6, 6.07) is 3.26. The van der Waals surface area contributed by atoms with Crippen molar-refractivity contribution in [3.05, 3.63) is 17.8 Å². The lowest BCUT2D eigenvalue weighted by atomic mass is 10.3. The number of aliphatic carboxylic acids is 1. The Kier molecular flexibility index (Phi) is 5.04. The molecule has 0 radical (unpaired) electrons. The molecule has 2 N–H and O–H groups in total. The fourth-order valence-electron chi connectivity index (χ4n) is 1.36. The molecule has 0 saturated heterocycles. The van der Waals surface area contributed by atoms with E-state index in [1.807, 2.05) is 0 Å². The Labute approximate surface area is 105 Å². The number of nitrogens with one attached hydrogen (secondary N) is 1. The van der Waals surface area contributed by atoms with Crippen molar-refractivity contribution in [3.8, 4) is 0 Å². The van der Waals surface area contributed by atoms with Crippen LogP contribution in [0.25, 0.3) is 0 Å². The van der Waals surface area contributed by atoms with Gasteiger partial charge in [-0.25, -0.2) is 0 Å². The van der Waals surface area contributed by atoms with Crippen molar-refractivity contribution >= 4 is 17.7 Å². The third-order valence-corrected chi connectivity index (χ3v) is 2.39. The molecule has 0 aliphatic heterocycles. The van der Waals surface area contributed by atoms with Crippen molar-refractivity contribution in [2.75, 3.05) is 25.5 Å². The van der Waals surface area contributed by atoms with Crippen molar-refractivity contribution in [1.82, 2.24) is 15.5 Å². The number of anilines is 1. The standard InChI is InChI=1S/C11H16N4O3/c1-12-11(18)8-5-6-9(14-13-8)15(2)7-3-4-10(16)17/h5-6H,3-4,7H2,1-2H3,(H,12,18)(H,16,17). The van der Waals surface area contributed by atoms with Crippen LogP contribution in [-0.4, -0.2) is 47.8 Å². The Morgan fingerprint density at radius 3 is 2.61 bits per heavy atom. The molecule has 0 aliphatic rings. The lowest BCUT2D eigenvalue weighted by molar-refractivity contribution is -0.137. The van der Waals surface area contributed by atoms with Gasteiger partial charge in [0.15, 0.2) is 11.5 Å². The van der Waals surface area contributed by atoms with E-state index in [4.69, 9.17) is 5.11 Å². The maximum Gasteiger partial charge on any atom is 0.303 e. The van der Waals surface area contributed by atoms with Crippen LogP contribution in [0.4, 0.5) is 5.82 Å². The minimum absolute atomic E-state index is 0.119. The molecule has 0 fully saturated rings. The molecular weight excluding hydrogens is 236 g/mol. The van der Waals surface area contributed by atoms with Gasteiger partial charge in [0.05, 0.1) is 0 Å². The zero-order valence-corrected chi connectivity index (χ0v) is 10.4. The van der Waals surface area contributed by atoms with Gasteiger partial charge in [-0.15, -0.1) is 10.2 Å². The Hall–Kier alpha value is -2.18. The van der Waals surface area contributed by atoms with Crippen molar-refractivity contribution in [1.29, 1.82) is 0 Å². The van der Waals surface area contributed by atoms with Gasteiger partial charge in [-0.1, -0.05) is 0 Å². The molecule has 7 nitrogen and oxygen atoms in total. The average Bonchev–Trinajstić information content (AvgIpc) is 2.37. The molecule has 0 unspecified atom stereocenters. The first-order valence-electron chi connectivity index (χ1n) is 5.53. The third-order valence-electron chi connectivity index (χ3n) is 2.39. The Morgan fingerprint density at radius 2 is 2.11 bits per heavy atom. The molecule has 0 spiro atoms. The molecule has 0 aliphatic carbocycles. The van der Waals surface area contributed by atoms with E-state index in [1.165, 1.54) is 7.05 Å². The first kappa shape index (κ1) is 13.9. The van der Waals surface area contributed by atoms with Gasteiger partial charge < -0.3 is 15.3 Å². The van der Waals surface area contributed by atoms with E-state index >= 15 is 0 Å². The molecule has 0 saturated carbocycles. The average molecular weight is 252 g/mol. The van der Waals surface area contributed by atoms with Crippen LogP contribution in [0.3, 0.4) is 0 Å². The highest BCUT2D eigenvalue weighted by molar-refractivity contribution is 5.91. The Morgan fingerprint density at radius 1 is 1.39 bits per heavy atom. The molecule has 7 heteroatoms. The van der Waals surface area contributed by atoms with Crippen LogP contribution in [0.15, 0.2) is 12.1 Å². The number of carboxylic acids is 1. The van der Waals surface area contributed by atoms with E-state index in [1.54, 1.807) is 24.1 Å². The molecule has 0 atom stereocenters. The first-order chi connectivity index (χ1) is 8.54. The highest BCUT2D eigenvalue weighted by atomic mass is 16.4. The highest BCUT2D eigenvalue weighted by Crippen LogP contribution is 2.08. The van der Waals surface area contributed by atoms with Gasteiger partial charge in [-0.05, 0) is 18.6 Å². The van der Waals surface area contributed by atoms with Gasteiger partial charge in [0, 0.05) is 27.1 Å². The number of hydrogen-bond donors (Lipinski definition) is 2. The quantitative estimate of drug-likeness (QED) is 0.747.